The molecule has 2 aromatic heterocycles. The fourth-order valence-corrected chi connectivity index (χ4v) is 3.00. The maximum absolute atomic E-state index is 12.4. The maximum Gasteiger partial charge on any atom is 0.255 e. The van der Waals surface area contributed by atoms with Crippen LogP contribution in [0.25, 0.3) is 16.9 Å². The van der Waals surface area contributed by atoms with Gasteiger partial charge in [0.25, 0.3) is 5.91 Å². The molecule has 0 spiro atoms. The Morgan fingerprint density at radius 1 is 0.962 bits per heavy atom. The van der Waals surface area contributed by atoms with Crippen LogP contribution in [0.1, 0.15) is 15.9 Å². The first-order chi connectivity index (χ1) is 12.6. The summed E-state index contributed by atoms with van der Waals surface area (Å²) in [5, 5.41) is 2.93. The summed E-state index contributed by atoms with van der Waals surface area (Å²) >= 11 is 3.44. The second kappa shape index (κ2) is 6.77. The molecule has 26 heavy (non-hydrogen) atoms. The van der Waals surface area contributed by atoms with Gasteiger partial charge in [0.05, 0.1) is 11.4 Å². The SMILES string of the molecule is Cc1ccc(C(=O)Nc2ccc3nc(-c4ccc(Br)cc4)cn3c2)cc1. The number of nitrogens with zero attached hydrogens (tertiary/aromatic N) is 2. The molecule has 4 aromatic rings. The van der Waals surface area contributed by atoms with Gasteiger partial charge in [-0.2, -0.15) is 0 Å². The molecule has 0 fully saturated rings. The molecule has 2 aromatic carbocycles. The lowest BCUT2D eigenvalue weighted by Gasteiger charge is -2.06. The zero-order valence-corrected chi connectivity index (χ0v) is 15.7. The van der Waals surface area contributed by atoms with Crippen molar-refractivity contribution in [3.63, 3.8) is 0 Å². The van der Waals surface area contributed by atoms with E-state index in [1.54, 1.807) is 0 Å². The summed E-state index contributed by atoms with van der Waals surface area (Å²) in [5.74, 6) is -0.127. The number of aryl methyl sites for hydroxylation is 1. The van der Waals surface area contributed by atoms with E-state index in [0.29, 0.717) is 5.56 Å². The first kappa shape index (κ1) is 16.5. The maximum atomic E-state index is 12.4. The lowest BCUT2D eigenvalue weighted by Crippen LogP contribution is -2.12. The number of hydrogen-bond acceptors (Lipinski definition) is 2. The minimum atomic E-state index is -0.127. The van der Waals surface area contributed by atoms with Gasteiger partial charge in [0.1, 0.15) is 5.65 Å². The molecule has 4 rings (SSSR count). The molecular formula is C21H16BrN3O. The molecule has 5 heteroatoms. The molecule has 0 saturated carbocycles. The fourth-order valence-electron chi connectivity index (χ4n) is 2.73. The third-order valence-corrected chi connectivity index (χ3v) is 4.69. The highest BCUT2D eigenvalue weighted by molar-refractivity contribution is 9.10. The smallest absolute Gasteiger partial charge is 0.255 e. The van der Waals surface area contributed by atoms with Crippen LogP contribution >= 0.6 is 15.9 Å². The van der Waals surface area contributed by atoms with E-state index in [4.69, 9.17) is 0 Å². The predicted octanol–water partition coefficient (Wildman–Crippen LogP) is 5.32. The number of nitrogens with one attached hydrogen (secondary N) is 1. The highest BCUT2D eigenvalue weighted by Crippen LogP contribution is 2.22. The summed E-state index contributed by atoms with van der Waals surface area (Å²) in [4.78, 5) is 17.0. The van der Waals surface area contributed by atoms with Crippen LogP contribution in [-0.2, 0) is 0 Å². The van der Waals surface area contributed by atoms with E-state index in [1.807, 2.05) is 84.4 Å². The van der Waals surface area contributed by atoms with Crippen LogP contribution in [-0.4, -0.2) is 15.3 Å². The van der Waals surface area contributed by atoms with Gasteiger partial charge in [-0.3, -0.25) is 4.79 Å². The lowest BCUT2D eigenvalue weighted by atomic mass is 10.1. The second-order valence-corrected chi connectivity index (χ2v) is 7.05. The van der Waals surface area contributed by atoms with E-state index in [0.717, 1.165) is 32.6 Å². The average Bonchev–Trinajstić information content (AvgIpc) is 3.06. The van der Waals surface area contributed by atoms with E-state index < -0.39 is 0 Å². The third kappa shape index (κ3) is 3.39. The normalized spacial score (nSPS) is 10.8. The molecular weight excluding hydrogens is 390 g/mol. The number of carbonyl (C=O) groups is 1. The van der Waals surface area contributed by atoms with Gasteiger partial charge in [0.2, 0.25) is 0 Å². The Morgan fingerprint density at radius 3 is 2.42 bits per heavy atom. The minimum Gasteiger partial charge on any atom is -0.321 e. The van der Waals surface area contributed by atoms with E-state index in [-0.39, 0.29) is 5.91 Å². The van der Waals surface area contributed by atoms with Crippen LogP contribution in [0.5, 0.6) is 0 Å². The van der Waals surface area contributed by atoms with E-state index >= 15 is 0 Å². The van der Waals surface area contributed by atoms with E-state index in [1.165, 1.54) is 0 Å². The van der Waals surface area contributed by atoms with Crippen molar-refractivity contribution in [2.24, 2.45) is 0 Å². The zero-order chi connectivity index (χ0) is 18.1. The predicted molar refractivity (Wildman–Crippen MR) is 107 cm³/mol. The monoisotopic (exact) mass is 405 g/mol. The zero-order valence-electron chi connectivity index (χ0n) is 14.1. The highest BCUT2D eigenvalue weighted by Gasteiger charge is 2.08. The van der Waals surface area contributed by atoms with Gasteiger partial charge in [-0.25, -0.2) is 4.98 Å². The summed E-state index contributed by atoms with van der Waals surface area (Å²) in [6, 6.07) is 19.3. The first-order valence-corrected chi connectivity index (χ1v) is 9.00. The van der Waals surface area contributed by atoms with Crippen LogP contribution in [0.4, 0.5) is 5.69 Å². The average molecular weight is 406 g/mol. The molecule has 1 amide bonds. The van der Waals surface area contributed by atoms with Crippen molar-refractivity contribution in [3.05, 3.63) is 88.7 Å². The van der Waals surface area contributed by atoms with Crippen LogP contribution in [0.3, 0.4) is 0 Å². The van der Waals surface area contributed by atoms with Crippen LogP contribution in [0.15, 0.2) is 77.5 Å². The summed E-state index contributed by atoms with van der Waals surface area (Å²) in [6.07, 6.45) is 3.83. The van der Waals surface area contributed by atoms with Gasteiger partial charge in [0.15, 0.2) is 0 Å². The van der Waals surface area contributed by atoms with Gasteiger partial charge in [-0.15, -0.1) is 0 Å². The molecule has 0 saturated heterocycles. The number of aromatic nitrogens is 2. The van der Waals surface area contributed by atoms with Gasteiger partial charge in [0, 0.05) is 28.0 Å². The van der Waals surface area contributed by atoms with E-state index in [9.17, 15) is 4.79 Å². The molecule has 128 valence electrons. The Labute approximate surface area is 159 Å². The molecule has 2 heterocycles. The molecule has 0 radical (unpaired) electrons. The number of rotatable bonds is 3. The number of anilines is 1. The number of benzene rings is 2. The number of halogens is 1. The van der Waals surface area contributed by atoms with Gasteiger partial charge in [-0.1, -0.05) is 45.8 Å². The Morgan fingerprint density at radius 2 is 1.69 bits per heavy atom. The number of carbonyl (C=O) groups excluding carboxylic acids is 1. The Bertz CT molecular complexity index is 1080. The quantitative estimate of drug-likeness (QED) is 0.500. The third-order valence-electron chi connectivity index (χ3n) is 4.16. The molecule has 0 bridgehead atoms. The van der Waals surface area contributed by atoms with Crippen LogP contribution in [0, 0.1) is 6.92 Å². The molecule has 0 aliphatic heterocycles. The summed E-state index contributed by atoms with van der Waals surface area (Å²) in [6.45, 7) is 2.00. The standard InChI is InChI=1S/C21H16BrN3O/c1-14-2-4-16(5-3-14)21(26)23-18-10-11-20-24-19(13-25(20)12-18)15-6-8-17(22)9-7-15/h2-13H,1H3,(H,23,26). The first-order valence-electron chi connectivity index (χ1n) is 8.21. The summed E-state index contributed by atoms with van der Waals surface area (Å²) < 4.78 is 2.95. The topological polar surface area (TPSA) is 46.4 Å². The van der Waals surface area contributed by atoms with Crippen LogP contribution in [0.2, 0.25) is 0 Å². The second-order valence-electron chi connectivity index (χ2n) is 6.14. The Balaban J connectivity index is 1.60. The van der Waals surface area contributed by atoms with Crippen molar-refractivity contribution in [3.8, 4) is 11.3 Å². The van der Waals surface area contributed by atoms with Gasteiger partial charge < -0.3 is 9.72 Å². The van der Waals surface area contributed by atoms with Crippen molar-refractivity contribution in [1.29, 1.82) is 0 Å². The largest absolute Gasteiger partial charge is 0.321 e. The van der Waals surface area contributed by atoms with Crippen molar-refractivity contribution in [2.75, 3.05) is 5.32 Å². The van der Waals surface area contributed by atoms with Crippen molar-refractivity contribution >= 4 is 33.2 Å². The van der Waals surface area contributed by atoms with Crippen molar-refractivity contribution in [2.45, 2.75) is 6.92 Å². The summed E-state index contributed by atoms with van der Waals surface area (Å²) in [7, 11) is 0. The molecule has 0 atom stereocenters. The molecule has 0 aliphatic carbocycles. The number of pyridine rings is 1. The Hall–Kier alpha value is -2.92. The van der Waals surface area contributed by atoms with Gasteiger partial charge in [-0.05, 0) is 43.3 Å². The molecule has 0 aliphatic rings. The molecule has 4 nitrogen and oxygen atoms in total. The van der Waals surface area contributed by atoms with Crippen molar-refractivity contribution in [1.82, 2.24) is 9.38 Å². The van der Waals surface area contributed by atoms with Crippen molar-refractivity contribution < 1.29 is 4.79 Å². The number of amides is 1. The number of hydrogen-bond donors (Lipinski definition) is 1. The fraction of sp³-hybridized carbons (Fsp3) is 0.0476. The highest BCUT2D eigenvalue weighted by atomic mass is 79.9. The molecule has 0 unspecified atom stereocenters. The van der Waals surface area contributed by atoms with E-state index in [2.05, 4.69) is 26.2 Å². The number of imidazole rings is 1. The molecule has 1 N–H and O–H groups in total. The number of fused-ring (bicyclic) bond motifs is 1. The minimum absolute atomic E-state index is 0.127. The Kier molecular flexibility index (Phi) is 4.31. The van der Waals surface area contributed by atoms with Crippen LogP contribution < -0.4 is 5.32 Å². The summed E-state index contributed by atoms with van der Waals surface area (Å²) in [5.41, 5.74) is 5.25. The lowest BCUT2D eigenvalue weighted by molar-refractivity contribution is 0.102. The van der Waals surface area contributed by atoms with Gasteiger partial charge >= 0.3 is 0 Å².